The Labute approximate surface area is 120 Å². The van der Waals surface area contributed by atoms with Gasteiger partial charge in [-0.1, -0.05) is 71.7 Å². The molecule has 0 N–H and O–H groups in total. The summed E-state index contributed by atoms with van der Waals surface area (Å²) >= 11 is 11.4. The largest absolute Gasteiger partial charge is 0.127 e. The molecule has 0 amide bonds. The molecule has 0 aliphatic rings. The lowest BCUT2D eigenvalue weighted by Crippen LogP contribution is -2.22. The lowest BCUT2D eigenvalue weighted by atomic mass is 9.81. The van der Waals surface area contributed by atoms with Crippen LogP contribution in [0, 0.1) is 0 Å². The fourth-order valence-electron chi connectivity index (χ4n) is 1.83. The number of halogens is 2. The number of thiophene rings is 1. The summed E-state index contributed by atoms with van der Waals surface area (Å²) in [6, 6.07) is 14.6. The zero-order valence-corrected chi connectivity index (χ0v) is 12.9. The molecule has 0 nitrogen and oxygen atoms in total. The van der Waals surface area contributed by atoms with E-state index >= 15 is 0 Å². The second-order valence-corrected chi connectivity index (χ2v) is 7.25. The van der Waals surface area contributed by atoms with Gasteiger partial charge in [-0.2, -0.15) is 0 Å². The molecular weight excluding hydrogens is 316 g/mol. The second-order valence-electron chi connectivity index (χ2n) is 4.59. The molecule has 0 saturated carbocycles. The molecule has 0 aliphatic carbocycles. The van der Waals surface area contributed by atoms with Crippen LogP contribution in [0.4, 0.5) is 0 Å². The maximum atomic E-state index is 6.00. The molecular formula is C14H14BrClS. The number of benzene rings is 1. The first-order chi connectivity index (χ1) is 8.01. The fourth-order valence-corrected chi connectivity index (χ4v) is 3.76. The summed E-state index contributed by atoms with van der Waals surface area (Å²) < 4.78 is 0.841. The van der Waals surface area contributed by atoms with Gasteiger partial charge in [0, 0.05) is 10.3 Å². The summed E-state index contributed by atoms with van der Waals surface area (Å²) in [5, 5.41) is 0. The molecule has 0 bridgehead atoms. The summed E-state index contributed by atoms with van der Waals surface area (Å²) in [5.74, 6) is 0. The van der Waals surface area contributed by atoms with E-state index in [9.17, 15) is 0 Å². The van der Waals surface area contributed by atoms with E-state index in [0.717, 1.165) is 4.34 Å². The average Bonchev–Trinajstić information content (AvgIpc) is 2.76. The molecule has 1 unspecified atom stereocenters. The minimum absolute atomic E-state index is 0.0371. The van der Waals surface area contributed by atoms with E-state index in [4.69, 9.17) is 11.6 Å². The van der Waals surface area contributed by atoms with Crippen molar-refractivity contribution in [3.63, 3.8) is 0 Å². The van der Waals surface area contributed by atoms with Crippen LogP contribution in [0.2, 0.25) is 4.34 Å². The predicted octanol–water partition coefficient (Wildman–Crippen LogP) is 5.82. The number of alkyl halides is 1. The van der Waals surface area contributed by atoms with E-state index in [-0.39, 0.29) is 10.2 Å². The van der Waals surface area contributed by atoms with Crippen LogP contribution in [-0.4, -0.2) is 0 Å². The minimum atomic E-state index is 0.0371. The van der Waals surface area contributed by atoms with Crippen LogP contribution in [-0.2, 0) is 5.41 Å². The zero-order valence-electron chi connectivity index (χ0n) is 9.78. The van der Waals surface area contributed by atoms with Gasteiger partial charge in [-0.05, 0) is 17.7 Å². The lowest BCUT2D eigenvalue weighted by molar-refractivity contribution is 0.522. The molecule has 0 fully saturated rings. The first-order valence-corrected chi connectivity index (χ1v) is 7.57. The molecule has 1 aromatic heterocycles. The van der Waals surface area contributed by atoms with Gasteiger partial charge in [0.05, 0.1) is 9.16 Å². The minimum Gasteiger partial charge on any atom is -0.127 e. The molecule has 2 aromatic rings. The Bertz CT molecular complexity index is 490. The van der Waals surface area contributed by atoms with Crippen molar-refractivity contribution in [2.24, 2.45) is 0 Å². The smallest absolute Gasteiger partial charge is 0.0931 e. The van der Waals surface area contributed by atoms with E-state index in [1.165, 1.54) is 10.4 Å². The summed E-state index contributed by atoms with van der Waals surface area (Å²) in [6.45, 7) is 4.49. The highest BCUT2D eigenvalue weighted by Gasteiger charge is 2.31. The Kier molecular flexibility index (Phi) is 3.96. The number of hydrogen-bond donors (Lipinski definition) is 0. The van der Waals surface area contributed by atoms with Gasteiger partial charge in [0.25, 0.3) is 0 Å². The van der Waals surface area contributed by atoms with Gasteiger partial charge in [-0.25, -0.2) is 0 Å². The van der Waals surface area contributed by atoms with Crippen molar-refractivity contribution < 1.29 is 0 Å². The Hall–Kier alpha value is -0.310. The van der Waals surface area contributed by atoms with Crippen LogP contribution in [0.5, 0.6) is 0 Å². The molecule has 3 heteroatoms. The predicted molar refractivity (Wildman–Crippen MR) is 80.5 cm³/mol. The van der Waals surface area contributed by atoms with Gasteiger partial charge in [0.2, 0.25) is 0 Å². The van der Waals surface area contributed by atoms with Crippen LogP contribution in [0.15, 0.2) is 42.5 Å². The highest BCUT2D eigenvalue weighted by atomic mass is 79.9. The van der Waals surface area contributed by atoms with Gasteiger partial charge in [0.15, 0.2) is 0 Å². The third-order valence-electron chi connectivity index (χ3n) is 3.00. The maximum Gasteiger partial charge on any atom is 0.0931 e. The molecule has 0 aliphatic heterocycles. The first-order valence-electron chi connectivity index (χ1n) is 5.46. The van der Waals surface area contributed by atoms with Gasteiger partial charge < -0.3 is 0 Å². The molecule has 1 aromatic carbocycles. The van der Waals surface area contributed by atoms with Crippen LogP contribution in [0.3, 0.4) is 0 Å². The fraction of sp³-hybridized carbons (Fsp3) is 0.286. The van der Waals surface area contributed by atoms with Gasteiger partial charge in [0.1, 0.15) is 0 Å². The van der Waals surface area contributed by atoms with Crippen molar-refractivity contribution >= 4 is 38.9 Å². The highest BCUT2D eigenvalue weighted by molar-refractivity contribution is 9.09. The normalized spacial score (nSPS) is 13.6. The molecule has 1 heterocycles. The summed E-state index contributed by atoms with van der Waals surface area (Å²) in [7, 11) is 0. The van der Waals surface area contributed by atoms with Crippen molar-refractivity contribution in [1.82, 2.24) is 0 Å². The van der Waals surface area contributed by atoms with E-state index in [0.29, 0.717) is 0 Å². The maximum absolute atomic E-state index is 6.00. The Morgan fingerprint density at radius 3 is 2.29 bits per heavy atom. The van der Waals surface area contributed by atoms with Crippen LogP contribution in [0.1, 0.15) is 29.1 Å². The second kappa shape index (κ2) is 5.13. The van der Waals surface area contributed by atoms with Crippen LogP contribution < -0.4 is 0 Å². The van der Waals surface area contributed by atoms with Crippen LogP contribution >= 0.6 is 38.9 Å². The number of hydrogen-bond acceptors (Lipinski definition) is 1. The third-order valence-corrected chi connectivity index (χ3v) is 6.23. The molecule has 0 saturated heterocycles. The Balaban J connectivity index is 2.33. The quantitative estimate of drug-likeness (QED) is 0.623. The highest BCUT2D eigenvalue weighted by Crippen LogP contribution is 2.45. The monoisotopic (exact) mass is 328 g/mol. The summed E-state index contributed by atoms with van der Waals surface area (Å²) in [4.78, 5) is 1.54. The summed E-state index contributed by atoms with van der Waals surface area (Å²) in [6.07, 6.45) is 0. The van der Waals surface area contributed by atoms with Gasteiger partial charge >= 0.3 is 0 Å². The molecule has 1 atom stereocenters. The van der Waals surface area contributed by atoms with Crippen molar-refractivity contribution in [2.75, 3.05) is 0 Å². The Morgan fingerprint density at radius 1 is 1.12 bits per heavy atom. The van der Waals surface area contributed by atoms with Crippen molar-refractivity contribution in [3.05, 3.63) is 57.2 Å². The number of rotatable bonds is 3. The lowest BCUT2D eigenvalue weighted by Gasteiger charge is -2.30. The molecule has 2 rings (SSSR count). The molecule has 17 heavy (non-hydrogen) atoms. The van der Waals surface area contributed by atoms with Crippen molar-refractivity contribution in [3.8, 4) is 0 Å². The van der Waals surface area contributed by atoms with Crippen molar-refractivity contribution in [1.29, 1.82) is 0 Å². The van der Waals surface area contributed by atoms with Gasteiger partial charge in [-0.15, -0.1) is 11.3 Å². The first kappa shape index (κ1) is 13.1. The Morgan fingerprint density at radius 2 is 1.76 bits per heavy atom. The zero-order chi connectivity index (χ0) is 12.5. The average molecular weight is 330 g/mol. The standard InChI is InChI=1S/C14H14BrClS/c1-14(2,10-6-4-3-5-7-10)13(15)11-8-9-12(16)17-11/h3-9,13H,1-2H3. The van der Waals surface area contributed by atoms with Crippen molar-refractivity contribution in [2.45, 2.75) is 24.1 Å². The topological polar surface area (TPSA) is 0 Å². The van der Waals surface area contributed by atoms with E-state index in [1.54, 1.807) is 11.3 Å². The van der Waals surface area contributed by atoms with E-state index in [1.807, 2.05) is 12.1 Å². The molecule has 90 valence electrons. The van der Waals surface area contributed by atoms with Gasteiger partial charge in [-0.3, -0.25) is 0 Å². The van der Waals surface area contributed by atoms with Crippen LogP contribution in [0.25, 0.3) is 0 Å². The summed E-state index contributed by atoms with van der Waals surface area (Å²) in [5.41, 5.74) is 1.36. The third kappa shape index (κ3) is 2.75. The van der Waals surface area contributed by atoms with E-state index < -0.39 is 0 Å². The molecule has 0 radical (unpaired) electrons. The van der Waals surface area contributed by atoms with E-state index in [2.05, 4.69) is 60.1 Å². The SMILES string of the molecule is CC(C)(c1ccccc1)C(Br)c1ccc(Cl)s1. The molecule has 0 spiro atoms.